The van der Waals surface area contributed by atoms with Crippen molar-refractivity contribution in [3.05, 3.63) is 28.2 Å². The first-order valence-electron chi connectivity index (χ1n) is 4.61. The van der Waals surface area contributed by atoms with Crippen LogP contribution in [-0.4, -0.2) is 18.8 Å². The van der Waals surface area contributed by atoms with Gasteiger partial charge in [-0.2, -0.15) is 0 Å². The SMILES string of the molecule is COc1cc(C(=O)CCCCl)ccc1Br. The fourth-order valence-electron chi connectivity index (χ4n) is 1.20. The van der Waals surface area contributed by atoms with E-state index in [9.17, 15) is 4.79 Å². The first-order chi connectivity index (χ1) is 7.19. The summed E-state index contributed by atoms with van der Waals surface area (Å²) in [5.41, 5.74) is 0.667. The zero-order valence-electron chi connectivity index (χ0n) is 8.43. The Morgan fingerprint density at radius 3 is 2.87 bits per heavy atom. The summed E-state index contributed by atoms with van der Waals surface area (Å²) in [6.07, 6.45) is 1.19. The van der Waals surface area contributed by atoms with Crippen LogP contribution in [0.3, 0.4) is 0 Å². The molecule has 0 aliphatic heterocycles. The third kappa shape index (κ3) is 3.50. The fourth-order valence-corrected chi connectivity index (χ4v) is 1.75. The molecular formula is C11H12BrClO2. The molecule has 0 unspecified atom stereocenters. The van der Waals surface area contributed by atoms with Crippen LogP contribution in [0.1, 0.15) is 23.2 Å². The highest BCUT2D eigenvalue weighted by molar-refractivity contribution is 9.10. The number of hydrogen-bond donors (Lipinski definition) is 0. The van der Waals surface area contributed by atoms with Crippen molar-refractivity contribution in [2.45, 2.75) is 12.8 Å². The molecule has 0 saturated carbocycles. The Morgan fingerprint density at radius 2 is 2.27 bits per heavy atom. The van der Waals surface area contributed by atoms with E-state index in [4.69, 9.17) is 16.3 Å². The molecule has 82 valence electrons. The maximum Gasteiger partial charge on any atom is 0.163 e. The Morgan fingerprint density at radius 1 is 1.53 bits per heavy atom. The topological polar surface area (TPSA) is 26.3 Å². The van der Waals surface area contributed by atoms with Gasteiger partial charge in [-0.3, -0.25) is 4.79 Å². The summed E-state index contributed by atoms with van der Waals surface area (Å²) in [6, 6.07) is 5.33. The quantitative estimate of drug-likeness (QED) is 0.611. The fraction of sp³-hybridized carbons (Fsp3) is 0.364. The van der Waals surface area contributed by atoms with Gasteiger partial charge in [0, 0.05) is 17.9 Å². The number of ketones is 1. The van der Waals surface area contributed by atoms with Crippen LogP contribution in [0.5, 0.6) is 5.75 Å². The molecule has 0 saturated heterocycles. The van der Waals surface area contributed by atoms with Crippen molar-refractivity contribution in [3.63, 3.8) is 0 Å². The van der Waals surface area contributed by atoms with Crippen LogP contribution in [0.25, 0.3) is 0 Å². The predicted octanol–water partition coefficient (Wildman–Crippen LogP) is 3.66. The molecule has 15 heavy (non-hydrogen) atoms. The van der Waals surface area contributed by atoms with Gasteiger partial charge in [0.1, 0.15) is 5.75 Å². The number of carbonyl (C=O) groups excluding carboxylic acids is 1. The zero-order chi connectivity index (χ0) is 11.3. The number of benzene rings is 1. The first-order valence-corrected chi connectivity index (χ1v) is 5.94. The Balaban J connectivity index is 2.81. The highest BCUT2D eigenvalue weighted by Gasteiger charge is 2.08. The number of alkyl halides is 1. The molecule has 0 aromatic heterocycles. The molecule has 2 nitrogen and oxygen atoms in total. The summed E-state index contributed by atoms with van der Waals surface area (Å²) in [7, 11) is 1.58. The molecule has 0 amide bonds. The predicted molar refractivity (Wildman–Crippen MR) is 65.0 cm³/mol. The molecule has 4 heteroatoms. The van der Waals surface area contributed by atoms with Crippen LogP contribution in [-0.2, 0) is 0 Å². The van der Waals surface area contributed by atoms with Crippen molar-refractivity contribution in [3.8, 4) is 5.75 Å². The minimum absolute atomic E-state index is 0.0986. The van der Waals surface area contributed by atoms with E-state index in [2.05, 4.69) is 15.9 Å². The smallest absolute Gasteiger partial charge is 0.163 e. The summed E-state index contributed by atoms with van der Waals surface area (Å²) in [5.74, 6) is 1.28. The van der Waals surface area contributed by atoms with Crippen LogP contribution in [0.2, 0.25) is 0 Å². The Hall–Kier alpha value is -0.540. The van der Waals surface area contributed by atoms with Gasteiger partial charge in [-0.25, -0.2) is 0 Å². The van der Waals surface area contributed by atoms with E-state index < -0.39 is 0 Å². The van der Waals surface area contributed by atoms with E-state index in [1.807, 2.05) is 6.07 Å². The van der Waals surface area contributed by atoms with Gasteiger partial charge in [-0.15, -0.1) is 11.6 Å². The third-order valence-electron chi connectivity index (χ3n) is 2.01. The Bertz CT molecular complexity index is 352. The minimum Gasteiger partial charge on any atom is -0.496 e. The molecule has 0 bridgehead atoms. The van der Waals surface area contributed by atoms with Crippen LogP contribution in [0.15, 0.2) is 22.7 Å². The Labute approximate surface area is 103 Å². The average molecular weight is 292 g/mol. The molecule has 1 aromatic rings. The molecular weight excluding hydrogens is 279 g/mol. The second-order valence-electron chi connectivity index (χ2n) is 3.07. The summed E-state index contributed by atoms with van der Waals surface area (Å²) in [4.78, 5) is 11.7. The average Bonchev–Trinajstić information content (AvgIpc) is 2.26. The molecule has 1 aromatic carbocycles. The molecule has 1 rings (SSSR count). The van der Waals surface area contributed by atoms with Crippen LogP contribution in [0.4, 0.5) is 0 Å². The van der Waals surface area contributed by atoms with Crippen molar-refractivity contribution in [2.24, 2.45) is 0 Å². The second kappa shape index (κ2) is 6.13. The molecule has 0 N–H and O–H groups in total. The summed E-state index contributed by atoms with van der Waals surface area (Å²) >= 11 is 8.87. The van der Waals surface area contributed by atoms with E-state index in [1.54, 1.807) is 19.2 Å². The molecule has 0 aliphatic carbocycles. The zero-order valence-corrected chi connectivity index (χ0v) is 10.8. The summed E-state index contributed by atoms with van der Waals surface area (Å²) in [6.45, 7) is 0. The molecule has 0 heterocycles. The largest absolute Gasteiger partial charge is 0.496 e. The van der Waals surface area contributed by atoms with Gasteiger partial charge in [0.05, 0.1) is 11.6 Å². The number of rotatable bonds is 5. The third-order valence-corrected chi connectivity index (χ3v) is 2.93. The molecule has 0 spiro atoms. The lowest BCUT2D eigenvalue weighted by Crippen LogP contribution is -2.00. The van der Waals surface area contributed by atoms with Crippen molar-refractivity contribution < 1.29 is 9.53 Å². The number of halogens is 2. The monoisotopic (exact) mass is 290 g/mol. The van der Waals surface area contributed by atoms with E-state index in [0.717, 1.165) is 4.47 Å². The Kier molecular flexibility index (Phi) is 5.12. The standard InChI is InChI=1S/C11H12BrClO2/c1-15-11-7-8(4-5-9(11)12)10(14)3-2-6-13/h4-5,7H,2-3,6H2,1H3. The van der Waals surface area contributed by atoms with E-state index in [0.29, 0.717) is 30.0 Å². The molecule has 0 radical (unpaired) electrons. The number of hydrogen-bond acceptors (Lipinski definition) is 2. The highest BCUT2D eigenvalue weighted by Crippen LogP contribution is 2.26. The minimum atomic E-state index is 0.0986. The van der Waals surface area contributed by atoms with Gasteiger partial charge in [0.25, 0.3) is 0 Å². The van der Waals surface area contributed by atoms with Gasteiger partial charge < -0.3 is 4.74 Å². The lowest BCUT2D eigenvalue weighted by molar-refractivity contribution is 0.0981. The van der Waals surface area contributed by atoms with Gasteiger partial charge in [-0.05, 0) is 34.5 Å². The van der Waals surface area contributed by atoms with Crippen LogP contribution in [0, 0.1) is 0 Å². The van der Waals surface area contributed by atoms with Gasteiger partial charge >= 0.3 is 0 Å². The second-order valence-corrected chi connectivity index (χ2v) is 4.30. The lowest BCUT2D eigenvalue weighted by Gasteiger charge is -2.05. The van der Waals surface area contributed by atoms with Gasteiger partial charge in [0.15, 0.2) is 5.78 Å². The van der Waals surface area contributed by atoms with Gasteiger partial charge in [0.2, 0.25) is 0 Å². The van der Waals surface area contributed by atoms with Crippen molar-refractivity contribution in [2.75, 3.05) is 13.0 Å². The maximum absolute atomic E-state index is 11.7. The number of Topliss-reactive ketones (excluding diaryl/α,β-unsaturated/α-hetero) is 1. The number of ether oxygens (including phenoxy) is 1. The van der Waals surface area contributed by atoms with Crippen molar-refractivity contribution in [1.29, 1.82) is 0 Å². The summed E-state index contributed by atoms with van der Waals surface area (Å²) in [5, 5.41) is 0. The first kappa shape index (κ1) is 12.5. The normalized spacial score (nSPS) is 10.1. The number of methoxy groups -OCH3 is 1. The lowest BCUT2D eigenvalue weighted by atomic mass is 10.1. The number of carbonyl (C=O) groups is 1. The van der Waals surface area contributed by atoms with E-state index in [-0.39, 0.29) is 5.78 Å². The van der Waals surface area contributed by atoms with Gasteiger partial charge in [-0.1, -0.05) is 6.07 Å². The molecule has 0 aliphatic rings. The summed E-state index contributed by atoms with van der Waals surface area (Å²) < 4.78 is 5.96. The van der Waals surface area contributed by atoms with Crippen molar-refractivity contribution >= 4 is 33.3 Å². The van der Waals surface area contributed by atoms with Crippen LogP contribution >= 0.6 is 27.5 Å². The van der Waals surface area contributed by atoms with E-state index in [1.165, 1.54) is 0 Å². The van der Waals surface area contributed by atoms with E-state index >= 15 is 0 Å². The maximum atomic E-state index is 11.7. The highest BCUT2D eigenvalue weighted by atomic mass is 79.9. The molecule has 0 fully saturated rings. The van der Waals surface area contributed by atoms with Crippen molar-refractivity contribution in [1.82, 2.24) is 0 Å². The molecule has 0 atom stereocenters. The van der Waals surface area contributed by atoms with Crippen LogP contribution < -0.4 is 4.74 Å².